The number of methoxy groups -OCH3 is 1. The zero-order chi connectivity index (χ0) is 16.1. The molecule has 0 unspecified atom stereocenters. The molecule has 116 valence electrons. The Labute approximate surface area is 135 Å². The van der Waals surface area contributed by atoms with Crippen molar-refractivity contribution in [2.24, 2.45) is 0 Å². The van der Waals surface area contributed by atoms with Crippen molar-refractivity contribution in [3.63, 3.8) is 0 Å². The van der Waals surface area contributed by atoms with E-state index in [1.807, 2.05) is 0 Å². The molecule has 0 aliphatic carbocycles. The maximum absolute atomic E-state index is 11.9. The summed E-state index contributed by atoms with van der Waals surface area (Å²) in [5, 5.41) is 13.5. The molecular weight excluding hydrogens is 333 g/mol. The number of rotatable bonds is 4. The highest BCUT2D eigenvalue weighted by atomic mass is 35.5. The molecule has 2 aromatic rings. The summed E-state index contributed by atoms with van der Waals surface area (Å²) in [5.74, 6) is -0.232. The first-order valence-corrected chi connectivity index (χ1v) is 6.73. The van der Waals surface area contributed by atoms with Crippen molar-refractivity contribution in [1.82, 2.24) is 15.0 Å². The number of benzene rings is 1. The lowest BCUT2D eigenvalue weighted by atomic mass is 10.3. The van der Waals surface area contributed by atoms with Gasteiger partial charge >= 0.3 is 6.09 Å². The number of carbonyl (C=O) groups excluding carboxylic acids is 2. The van der Waals surface area contributed by atoms with Crippen molar-refractivity contribution < 1.29 is 14.3 Å². The van der Waals surface area contributed by atoms with E-state index in [9.17, 15) is 9.59 Å². The van der Waals surface area contributed by atoms with Gasteiger partial charge in [-0.2, -0.15) is 9.90 Å². The minimum absolute atomic E-state index is 0.161. The van der Waals surface area contributed by atoms with Gasteiger partial charge in [-0.1, -0.05) is 23.2 Å². The predicted molar refractivity (Wildman–Crippen MR) is 81.1 cm³/mol. The summed E-state index contributed by atoms with van der Waals surface area (Å²) in [4.78, 5) is 24.0. The largest absolute Gasteiger partial charge is 0.453 e. The molecule has 0 aliphatic heterocycles. The monoisotopic (exact) mass is 343 g/mol. The Morgan fingerprint density at radius 1 is 1.32 bits per heavy atom. The molecule has 0 saturated heterocycles. The van der Waals surface area contributed by atoms with Gasteiger partial charge < -0.3 is 10.1 Å². The standard InChI is InChI=1S/C12H11Cl2N5O3/c1-22-12(21)17-10-5-15-19(18-10)6-11(20)16-9-4-7(13)2-3-8(9)14/h2-5H,6H2,1H3,(H,16,20)(H,17,18,21). The zero-order valence-electron chi connectivity index (χ0n) is 11.3. The van der Waals surface area contributed by atoms with Gasteiger partial charge in [-0.15, -0.1) is 5.10 Å². The molecule has 0 aliphatic rings. The number of anilines is 2. The summed E-state index contributed by atoms with van der Waals surface area (Å²) in [6.07, 6.45) is 0.610. The topological polar surface area (TPSA) is 98.1 Å². The van der Waals surface area contributed by atoms with Crippen molar-refractivity contribution in [2.45, 2.75) is 6.54 Å². The Kier molecular flexibility index (Phi) is 5.18. The Balaban J connectivity index is 1.97. The van der Waals surface area contributed by atoms with E-state index in [-0.39, 0.29) is 12.4 Å². The second-order valence-electron chi connectivity index (χ2n) is 4.05. The second kappa shape index (κ2) is 7.10. The molecule has 1 heterocycles. The van der Waals surface area contributed by atoms with Crippen LogP contribution in [0, 0.1) is 0 Å². The summed E-state index contributed by atoms with van der Waals surface area (Å²) in [6.45, 7) is -0.161. The molecule has 0 spiro atoms. The van der Waals surface area contributed by atoms with Crippen LogP contribution in [0.3, 0.4) is 0 Å². The molecule has 2 amide bonds. The van der Waals surface area contributed by atoms with Gasteiger partial charge in [0.25, 0.3) is 0 Å². The van der Waals surface area contributed by atoms with Crippen LogP contribution in [0.4, 0.5) is 16.3 Å². The number of nitrogens with zero attached hydrogens (tertiary/aromatic N) is 3. The number of carbonyl (C=O) groups is 2. The molecule has 0 fully saturated rings. The maximum atomic E-state index is 11.9. The summed E-state index contributed by atoms with van der Waals surface area (Å²) in [5.41, 5.74) is 0.388. The fourth-order valence-electron chi connectivity index (χ4n) is 1.50. The Bertz CT molecular complexity index is 704. The predicted octanol–water partition coefficient (Wildman–Crippen LogP) is 2.40. The van der Waals surface area contributed by atoms with Crippen molar-refractivity contribution in [3.05, 3.63) is 34.4 Å². The van der Waals surface area contributed by atoms with Gasteiger partial charge in [-0.3, -0.25) is 10.1 Å². The van der Waals surface area contributed by atoms with Gasteiger partial charge in [-0.05, 0) is 18.2 Å². The second-order valence-corrected chi connectivity index (χ2v) is 4.89. The molecule has 2 N–H and O–H groups in total. The summed E-state index contributed by atoms with van der Waals surface area (Å²) >= 11 is 11.8. The van der Waals surface area contributed by atoms with Gasteiger partial charge in [0.15, 0.2) is 5.82 Å². The molecular formula is C12H11Cl2N5O3. The minimum Gasteiger partial charge on any atom is -0.453 e. The van der Waals surface area contributed by atoms with Gasteiger partial charge in [0.05, 0.1) is 24.0 Å². The third-order valence-corrected chi connectivity index (χ3v) is 3.00. The molecule has 0 radical (unpaired) electrons. The number of amides is 2. The minimum atomic E-state index is -0.679. The van der Waals surface area contributed by atoms with Gasteiger partial charge in [0, 0.05) is 5.02 Å². The average molecular weight is 344 g/mol. The third kappa shape index (κ3) is 4.34. The lowest BCUT2D eigenvalue weighted by molar-refractivity contribution is -0.117. The maximum Gasteiger partial charge on any atom is 0.412 e. The number of halogens is 2. The van der Waals surface area contributed by atoms with E-state index in [0.717, 1.165) is 4.80 Å². The number of aromatic nitrogens is 3. The molecule has 10 heteroatoms. The molecule has 0 bridgehead atoms. The molecule has 22 heavy (non-hydrogen) atoms. The molecule has 0 atom stereocenters. The zero-order valence-corrected chi connectivity index (χ0v) is 12.9. The molecule has 2 rings (SSSR count). The number of hydrogen-bond acceptors (Lipinski definition) is 5. The van der Waals surface area contributed by atoms with Crippen LogP contribution in [-0.4, -0.2) is 34.1 Å². The summed E-state index contributed by atoms with van der Waals surface area (Å²) in [7, 11) is 1.22. The molecule has 0 saturated carbocycles. The van der Waals surface area contributed by atoms with Crippen molar-refractivity contribution >= 4 is 46.7 Å². The number of hydrogen-bond donors (Lipinski definition) is 2. The Morgan fingerprint density at radius 3 is 2.82 bits per heavy atom. The normalized spacial score (nSPS) is 10.1. The molecule has 8 nitrogen and oxygen atoms in total. The van der Waals surface area contributed by atoms with Crippen molar-refractivity contribution in [3.8, 4) is 0 Å². The van der Waals surface area contributed by atoms with Crippen LogP contribution in [0.5, 0.6) is 0 Å². The van der Waals surface area contributed by atoms with E-state index < -0.39 is 12.0 Å². The van der Waals surface area contributed by atoms with Crippen LogP contribution in [0.15, 0.2) is 24.4 Å². The van der Waals surface area contributed by atoms with Crippen molar-refractivity contribution in [1.29, 1.82) is 0 Å². The van der Waals surface area contributed by atoms with Gasteiger partial charge in [0.1, 0.15) is 6.54 Å². The fraction of sp³-hybridized carbons (Fsp3) is 0.167. The quantitative estimate of drug-likeness (QED) is 0.888. The van der Waals surface area contributed by atoms with Crippen LogP contribution in [0.25, 0.3) is 0 Å². The highest BCUT2D eigenvalue weighted by Gasteiger charge is 2.10. The van der Waals surface area contributed by atoms with E-state index in [4.69, 9.17) is 23.2 Å². The first-order chi connectivity index (χ1) is 10.5. The van der Waals surface area contributed by atoms with E-state index in [1.54, 1.807) is 12.1 Å². The Hall–Kier alpha value is -2.32. The first-order valence-electron chi connectivity index (χ1n) is 5.98. The average Bonchev–Trinajstić information content (AvgIpc) is 2.89. The Morgan fingerprint density at radius 2 is 2.09 bits per heavy atom. The van der Waals surface area contributed by atoms with E-state index in [2.05, 4.69) is 25.6 Å². The number of ether oxygens (including phenoxy) is 1. The van der Waals surface area contributed by atoms with Crippen LogP contribution in [0.2, 0.25) is 10.0 Å². The van der Waals surface area contributed by atoms with Crippen LogP contribution < -0.4 is 10.6 Å². The highest BCUT2D eigenvalue weighted by molar-refractivity contribution is 6.35. The van der Waals surface area contributed by atoms with Gasteiger partial charge in [-0.25, -0.2) is 4.79 Å². The summed E-state index contributed by atoms with van der Waals surface area (Å²) in [6, 6.07) is 4.71. The first kappa shape index (κ1) is 16.1. The fourth-order valence-corrected chi connectivity index (χ4v) is 1.83. The van der Waals surface area contributed by atoms with E-state index in [0.29, 0.717) is 15.7 Å². The number of nitrogens with one attached hydrogen (secondary N) is 2. The van der Waals surface area contributed by atoms with Crippen molar-refractivity contribution in [2.75, 3.05) is 17.7 Å². The van der Waals surface area contributed by atoms with E-state index >= 15 is 0 Å². The van der Waals surface area contributed by atoms with E-state index in [1.165, 1.54) is 19.4 Å². The van der Waals surface area contributed by atoms with Crippen LogP contribution in [-0.2, 0) is 16.1 Å². The van der Waals surface area contributed by atoms with Gasteiger partial charge in [0.2, 0.25) is 5.91 Å². The lowest BCUT2D eigenvalue weighted by Crippen LogP contribution is -2.20. The molecule has 1 aromatic heterocycles. The molecule has 1 aromatic carbocycles. The highest BCUT2D eigenvalue weighted by Crippen LogP contribution is 2.25. The summed E-state index contributed by atoms with van der Waals surface area (Å²) < 4.78 is 4.41. The lowest BCUT2D eigenvalue weighted by Gasteiger charge is -2.07. The smallest absolute Gasteiger partial charge is 0.412 e. The van der Waals surface area contributed by atoms with Crippen LogP contribution in [0.1, 0.15) is 0 Å². The SMILES string of the molecule is COC(=O)Nc1cnn(CC(=O)Nc2cc(Cl)ccc2Cl)n1. The van der Waals surface area contributed by atoms with Crippen LogP contribution >= 0.6 is 23.2 Å². The third-order valence-electron chi connectivity index (χ3n) is 2.44.